The normalized spacial score (nSPS) is 17.1. The van der Waals surface area contributed by atoms with E-state index in [-0.39, 0.29) is 6.61 Å². The van der Waals surface area contributed by atoms with Gasteiger partial charge in [0.15, 0.2) is 12.4 Å². The summed E-state index contributed by atoms with van der Waals surface area (Å²) < 4.78 is 11.0. The van der Waals surface area contributed by atoms with Crippen LogP contribution in [0.5, 0.6) is 5.75 Å². The van der Waals surface area contributed by atoms with Gasteiger partial charge in [-0.05, 0) is 36.5 Å². The molecule has 0 radical (unpaired) electrons. The smallest absolute Gasteiger partial charge is 0.264 e. The van der Waals surface area contributed by atoms with Crippen molar-refractivity contribution in [3.05, 3.63) is 41.5 Å². The first-order chi connectivity index (χ1) is 10.6. The number of hydrogen-bond donors (Lipinski definition) is 1. The van der Waals surface area contributed by atoms with Crippen LogP contribution < -0.4 is 10.5 Å². The number of nitrogens with two attached hydrogens (primary N) is 1. The minimum Gasteiger partial charge on any atom is -0.484 e. The van der Waals surface area contributed by atoms with Crippen molar-refractivity contribution in [1.29, 1.82) is 0 Å². The lowest BCUT2D eigenvalue weighted by Gasteiger charge is -2.17. The molecule has 1 heterocycles. The Balaban J connectivity index is 1.65. The predicted octanol–water partition coefficient (Wildman–Crippen LogP) is 3.50. The first-order valence-corrected chi connectivity index (χ1v) is 7.91. The Morgan fingerprint density at radius 3 is 2.82 bits per heavy atom. The molecule has 0 bridgehead atoms. The molecule has 1 aromatic carbocycles. The van der Waals surface area contributed by atoms with E-state index in [9.17, 15) is 0 Å². The highest BCUT2D eigenvalue weighted by Crippen LogP contribution is 2.34. The van der Waals surface area contributed by atoms with Crippen LogP contribution in [-0.2, 0) is 12.1 Å². The highest BCUT2D eigenvalue weighted by molar-refractivity contribution is 5.30. The van der Waals surface area contributed by atoms with Gasteiger partial charge in [0.05, 0.1) is 5.54 Å². The van der Waals surface area contributed by atoms with Gasteiger partial charge in [-0.1, -0.05) is 44.0 Å². The Labute approximate surface area is 130 Å². The van der Waals surface area contributed by atoms with Crippen LogP contribution in [0.4, 0.5) is 0 Å². The summed E-state index contributed by atoms with van der Waals surface area (Å²) in [6.45, 7) is 4.59. The Bertz CT molecular complexity index is 630. The molecule has 1 aromatic heterocycles. The van der Waals surface area contributed by atoms with Crippen molar-refractivity contribution in [1.82, 2.24) is 10.1 Å². The fraction of sp³-hybridized carbons (Fsp3) is 0.529. The van der Waals surface area contributed by atoms with Gasteiger partial charge in [0.1, 0.15) is 5.75 Å². The lowest BCUT2D eigenvalue weighted by atomic mass is 9.99. The Morgan fingerprint density at radius 2 is 2.09 bits per heavy atom. The molecule has 5 nitrogen and oxygen atoms in total. The number of benzene rings is 1. The molecule has 3 rings (SSSR count). The van der Waals surface area contributed by atoms with Crippen molar-refractivity contribution in [3.63, 3.8) is 0 Å². The van der Waals surface area contributed by atoms with E-state index < -0.39 is 5.54 Å². The maximum absolute atomic E-state index is 6.33. The third-order valence-corrected chi connectivity index (χ3v) is 4.30. The molecule has 22 heavy (non-hydrogen) atoms. The van der Waals surface area contributed by atoms with E-state index in [1.54, 1.807) is 0 Å². The topological polar surface area (TPSA) is 74.2 Å². The van der Waals surface area contributed by atoms with Crippen LogP contribution in [0, 0.1) is 0 Å². The second-order valence-corrected chi connectivity index (χ2v) is 6.39. The van der Waals surface area contributed by atoms with Crippen LogP contribution in [0.25, 0.3) is 0 Å². The molecule has 0 aliphatic heterocycles. The minimum absolute atomic E-state index is 0.268. The number of nitrogens with zero attached hydrogens (tertiary/aromatic N) is 2. The summed E-state index contributed by atoms with van der Waals surface area (Å²) in [7, 11) is 0. The zero-order valence-electron chi connectivity index (χ0n) is 13.2. The summed E-state index contributed by atoms with van der Waals surface area (Å²) in [5, 5.41) is 4.04. The van der Waals surface area contributed by atoms with Crippen molar-refractivity contribution < 1.29 is 9.26 Å². The monoisotopic (exact) mass is 301 g/mol. The molecule has 1 aliphatic rings. The van der Waals surface area contributed by atoms with Gasteiger partial charge >= 0.3 is 0 Å². The van der Waals surface area contributed by atoms with Crippen LogP contribution in [0.2, 0.25) is 0 Å². The van der Waals surface area contributed by atoms with Crippen molar-refractivity contribution in [2.75, 3.05) is 0 Å². The van der Waals surface area contributed by atoms with Crippen LogP contribution in [0.15, 0.2) is 28.8 Å². The summed E-state index contributed by atoms with van der Waals surface area (Å²) in [5.41, 5.74) is 7.16. The SMILES string of the molecule is CC(C)c1cccc(OCc2nc(C3(N)CCCC3)no2)c1. The zero-order valence-corrected chi connectivity index (χ0v) is 13.2. The molecule has 0 unspecified atom stereocenters. The van der Waals surface area contributed by atoms with Crippen molar-refractivity contribution in [2.24, 2.45) is 5.73 Å². The fourth-order valence-electron chi connectivity index (χ4n) is 2.85. The van der Waals surface area contributed by atoms with E-state index in [1.165, 1.54) is 5.56 Å². The van der Waals surface area contributed by atoms with E-state index in [2.05, 4.69) is 30.1 Å². The Hall–Kier alpha value is -1.88. The third-order valence-electron chi connectivity index (χ3n) is 4.30. The van der Waals surface area contributed by atoms with E-state index in [4.69, 9.17) is 15.0 Å². The second kappa shape index (κ2) is 6.08. The third kappa shape index (κ3) is 3.14. The molecular formula is C17H23N3O2. The molecule has 5 heteroatoms. The molecule has 1 fully saturated rings. The van der Waals surface area contributed by atoms with Gasteiger partial charge in [-0.15, -0.1) is 0 Å². The summed E-state index contributed by atoms with van der Waals surface area (Å²) in [6.07, 6.45) is 4.09. The molecule has 2 aromatic rings. The zero-order chi connectivity index (χ0) is 15.6. The van der Waals surface area contributed by atoms with Gasteiger partial charge in [-0.25, -0.2) is 0 Å². The molecular weight excluding hydrogens is 278 g/mol. The maximum atomic E-state index is 6.33. The molecule has 0 atom stereocenters. The quantitative estimate of drug-likeness (QED) is 0.915. The van der Waals surface area contributed by atoms with E-state index in [1.807, 2.05) is 18.2 Å². The van der Waals surface area contributed by atoms with Gasteiger partial charge in [-0.2, -0.15) is 4.98 Å². The van der Waals surface area contributed by atoms with Crippen LogP contribution >= 0.6 is 0 Å². The second-order valence-electron chi connectivity index (χ2n) is 6.39. The average molecular weight is 301 g/mol. The van der Waals surface area contributed by atoms with Crippen molar-refractivity contribution in [3.8, 4) is 5.75 Å². The van der Waals surface area contributed by atoms with Gasteiger partial charge in [0.25, 0.3) is 5.89 Å². The summed E-state index contributed by atoms with van der Waals surface area (Å²) >= 11 is 0. The number of aromatic nitrogens is 2. The number of ether oxygens (including phenoxy) is 1. The van der Waals surface area contributed by atoms with Crippen LogP contribution in [0.3, 0.4) is 0 Å². The molecule has 2 N–H and O–H groups in total. The van der Waals surface area contributed by atoms with Crippen molar-refractivity contribution in [2.45, 2.75) is 57.6 Å². The van der Waals surface area contributed by atoms with Gasteiger partial charge in [-0.3, -0.25) is 0 Å². The lowest BCUT2D eigenvalue weighted by Crippen LogP contribution is -2.34. The van der Waals surface area contributed by atoms with E-state index in [0.717, 1.165) is 31.4 Å². The van der Waals surface area contributed by atoms with E-state index >= 15 is 0 Å². The predicted molar refractivity (Wildman–Crippen MR) is 83.5 cm³/mol. The van der Waals surface area contributed by atoms with Crippen LogP contribution in [-0.4, -0.2) is 10.1 Å². The highest BCUT2D eigenvalue weighted by atomic mass is 16.5. The Kier molecular flexibility index (Phi) is 4.16. The van der Waals surface area contributed by atoms with Crippen LogP contribution in [0.1, 0.15) is 62.7 Å². The highest BCUT2D eigenvalue weighted by Gasteiger charge is 2.35. The molecule has 1 aliphatic carbocycles. The van der Waals surface area contributed by atoms with Gasteiger partial charge in [0.2, 0.25) is 0 Å². The Morgan fingerprint density at radius 1 is 1.32 bits per heavy atom. The minimum atomic E-state index is -0.417. The molecule has 118 valence electrons. The van der Waals surface area contributed by atoms with Gasteiger partial charge < -0.3 is 15.0 Å². The molecule has 0 saturated heterocycles. The maximum Gasteiger partial charge on any atom is 0.264 e. The van der Waals surface area contributed by atoms with Crippen molar-refractivity contribution >= 4 is 0 Å². The summed E-state index contributed by atoms with van der Waals surface area (Å²) in [5.74, 6) is 2.37. The van der Waals surface area contributed by atoms with Gasteiger partial charge in [0, 0.05) is 0 Å². The first-order valence-electron chi connectivity index (χ1n) is 7.91. The largest absolute Gasteiger partial charge is 0.484 e. The average Bonchev–Trinajstić information content (AvgIpc) is 3.15. The summed E-state index contributed by atoms with van der Waals surface area (Å²) in [6, 6.07) is 8.08. The molecule has 0 amide bonds. The summed E-state index contributed by atoms with van der Waals surface area (Å²) in [4.78, 5) is 4.41. The molecule has 0 spiro atoms. The molecule has 1 saturated carbocycles. The fourth-order valence-corrected chi connectivity index (χ4v) is 2.85. The van der Waals surface area contributed by atoms with E-state index in [0.29, 0.717) is 17.6 Å². The number of hydrogen-bond acceptors (Lipinski definition) is 5. The standard InChI is InChI=1S/C17H23N3O2/c1-12(2)13-6-5-7-14(10-13)21-11-15-19-16(20-22-15)17(18)8-3-4-9-17/h5-7,10,12H,3-4,8-9,11,18H2,1-2H3. The number of rotatable bonds is 5. The lowest BCUT2D eigenvalue weighted by molar-refractivity contribution is 0.241. The first kappa shape index (κ1) is 15.0.